The molecule has 0 radical (unpaired) electrons. The number of carboxylic acid groups (broad SMARTS) is 1. The number of benzene rings is 3. The average molecular weight is 700 g/mol. The first-order chi connectivity index (χ1) is 24.5. The molecule has 0 saturated carbocycles. The van der Waals surface area contributed by atoms with E-state index >= 15 is 0 Å². The summed E-state index contributed by atoms with van der Waals surface area (Å²) in [6.07, 6.45) is 3.33. The minimum Gasteiger partial charge on any atom is -0.508 e. The van der Waals surface area contributed by atoms with Gasteiger partial charge in [0.1, 0.15) is 23.9 Å². The fourth-order valence-electron chi connectivity index (χ4n) is 5.60. The Labute approximate surface area is 295 Å². The van der Waals surface area contributed by atoms with Crippen LogP contribution in [0.25, 0.3) is 10.9 Å². The number of aromatic hydroxyl groups is 1. The number of phenolic OH excluding ortho intramolecular Hbond substituents is 1. The van der Waals surface area contributed by atoms with Crippen molar-refractivity contribution >= 4 is 40.5 Å². The van der Waals surface area contributed by atoms with Gasteiger partial charge in [-0.3, -0.25) is 19.2 Å². The summed E-state index contributed by atoms with van der Waals surface area (Å²) in [5.74, 6) is -3.85. The molecule has 3 aromatic carbocycles. The summed E-state index contributed by atoms with van der Waals surface area (Å²) in [5.41, 5.74) is 14.9. The number of phenols is 1. The number of nitrogens with one attached hydrogen (secondary N) is 5. The summed E-state index contributed by atoms with van der Waals surface area (Å²) in [6, 6.07) is 18.2. The molecule has 1 aromatic heterocycles. The average Bonchev–Trinajstić information content (AvgIpc) is 3.53. The largest absolute Gasteiger partial charge is 0.508 e. The quantitative estimate of drug-likeness (QED) is 0.0634. The topological polar surface area (TPSA) is 242 Å². The highest BCUT2D eigenvalue weighted by Crippen LogP contribution is 2.19. The number of hydrogen-bond acceptors (Lipinski definition) is 8. The molecule has 14 heteroatoms. The number of H-pyrrole nitrogens is 1. The fourth-order valence-corrected chi connectivity index (χ4v) is 5.60. The van der Waals surface area contributed by atoms with Gasteiger partial charge in [-0.2, -0.15) is 0 Å². The molecule has 4 rings (SSSR count). The maximum Gasteiger partial charge on any atom is 0.326 e. The van der Waals surface area contributed by atoms with Gasteiger partial charge in [0.2, 0.25) is 23.6 Å². The lowest BCUT2D eigenvalue weighted by molar-refractivity contribution is -0.142. The molecule has 0 bridgehead atoms. The number of aliphatic carboxylic acids is 1. The van der Waals surface area contributed by atoms with Gasteiger partial charge >= 0.3 is 5.97 Å². The van der Waals surface area contributed by atoms with E-state index in [0.717, 1.165) is 16.5 Å². The Balaban J connectivity index is 1.48. The Kier molecular flexibility index (Phi) is 14.1. The van der Waals surface area contributed by atoms with Gasteiger partial charge in [0, 0.05) is 29.9 Å². The molecular formula is C37H45N7O7. The predicted octanol–water partition coefficient (Wildman–Crippen LogP) is 1.01. The van der Waals surface area contributed by atoms with Crippen molar-refractivity contribution in [2.75, 3.05) is 13.1 Å². The minimum absolute atomic E-state index is 0.0144. The molecule has 4 atom stereocenters. The molecule has 51 heavy (non-hydrogen) atoms. The SMILES string of the molecule is NCCCC[C@H](NC(=O)CNC(=O)[C@H](Cc1ccccc1)NC(=O)[C@H](Cc1ccc(O)cc1)NC(=O)[C@@H](N)Cc1c[nH]c2ccccc12)C(=O)O. The van der Waals surface area contributed by atoms with Gasteiger partial charge in [-0.25, -0.2) is 4.79 Å². The number of para-hydroxylation sites is 1. The molecular weight excluding hydrogens is 654 g/mol. The molecule has 0 saturated heterocycles. The molecule has 0 aliphatic rings. The number of amides is 4. The normalized spacial score (nSPS) is 13.4. The van der Waals surface area contributed by atoms with E-state index in [1.807, 2.05) is 24.3 Å². The van der Waals surface area contributed by atoms with Gasteiger partial charge in [-0.1, -0.05) is 60.7 Å². The van der Waals surface area contributed by atoms with E-state index in [0.29, 0.717) is 30.5 Å². The van der Waals surface area contributed by atoms with Crippen LogP contribution in [0.1, 0.15) is 36.0 Å². The van der Waals surface area contributed by atoms with Crippen molar-refractivity contribution in [3.05, 3.63) is 102 Å². The highest BCUT2D eigenvalue weighted by Gasteiger charge is 2.29. The van der Waals surface area contributed by atoms with Crippen molar-refractivity contribution in [1.82, 2.24) is 26.3 Å². The molecule has 4 aromatic rings. The number of fused-ring (bicyclic) bond motifs is 1. The lowest BCUT2D eigenvalue weighted by atomic mass is 10.0. The van der Waals surface area contributed by atoms with Gasteiger partial charge in [0.25, 0.3) is 0 Å². The van der Waals surface area contributed by atoms with E-state index < -0.39 is 60.3 Å². The van der Waals surface area contributed by atoms with Crippen LogP contribution < -0.4 is 32.7 Å². The summed E-state index contributed by atoms with van der Waals surface area (Å²) < 4.78 is 0. The lowest BCUT2D eigenvalue weighted by Gasteiger charge is -2.24. The molecule has 1 heterocycles. The van der Waals surface area contributed by atoms with E-state index in [1.54, 1.807) is 48.7 Å². The van der Waals surface area contributed by atoms with Crippen molar-refractivity contribution in [2.24, 2.45) is 11.5 Å². The third kappa shape index (κ3) is 11.7. The first kappa shape index (κ1) is 38.1. The highest BCUT2D eigenvalue weighted by molar-refractivity contribution is 5.95. The number of carbonyl (C=O) groups is 5. The number of nitrogens with two attached hydrogens (primary N) is 2. The van der Waals surface area contributed by atoms with Crippen LogP contribution in [0.3, 0.4) is 0 Å². The van der Waals surface area contributed by atoms with Crippen LogP contribution in [0.2, 0.25) is 0 Å². The van der Waals surface area contributed by atoms with Crippen LogP contribution in [0.15, 0.2) is 85.1 Å². The maximum absolute atomic E-state index is 13.9. The smallest absolute Gasteiger partial charge is 0.326 e. The van der Waals surface area contributed by atoms with Gasteiger partial charge in [-0.05, 0) is 67.1 Å². The Morgan fingerprint density at radius 2 is 1.33 bits per heavy atom. The van der Waals surface area contributed by atoms with Gasteiger partial charge in [0.05, 0.1) is 12.6 Å². The summed E-state index contributed by atoms with van der Waals surface area (Å²) in [5, 5.41) is 30.6. The summed E-state index contributed by atoms with van der Waals surface area (Å²) in [7, 11) is 0. The zero-order chi connectivity index (χ0) is 36.8. The number of aromatic nitrogens is 1. The third-order valence-electron chi connectivity index (χ3n) is 8.38. The van der Waals surface area contributed by atoms with Crippen molar-refractivity contribution in [3.63, 3.8) is 0 Å². The van der Waals surface area contributed by atoms with Crippen LogP contribution in [-0.2, 0) is 43.2 Å². The Morgan fingerprint density at radius 3 is 2.02 bits per heavy atom. The number of carboxylic acids is 1. The van der Waals surface area contributed by atoms with Crippen molar-refractivity contribution in [1.29, 1.82) is 0 Å². The van der Waals surface area contributed by atoms with Crippen molar-refractivity contribution in [2.45, 2.75) is 62.7 Å². The van der Waals surface area contributed by atoms with E-state index in [1.165, 1.54) is 12.1 Å². The van der Waals surface area contributed by atoms with Gasteiger partial charge < -0.3 is 47.9 Å². The van der Waals surface area contributed by atoms with Gasteiger partial charge in [-0.15, -0.1) is 0 Å². The van der Waals surface area contributed by atoms with Crippen LogP contribution in [-0.4, -0.2) is 82.1 Å². The first-order valence-corrected chi connectivity index (χ1v) is 16.8. The van der Waals surface area contributed by atoms with Gasteiger partial charge in [0.15, 0.2) is 0 Å². The summed E-state index contributed by atoms with van der Waals surface area (Å²) >= 11 is 0. The Morgan fingerprint density at radius 1 is 0.706 bits per heavy atom. The molecule has 0 aliphatic heterocycles. The zero-order valence-electron chi connectivity index (χ0n) is 28.1. The van der Waals surface area contributed by atoms with Crippen LogP contribution in [0.4, 0.5) is 0 Å². The standard InChI is InChI=1S/C37H45N7O7/c38-17-7-6-12-30(37(50)51)42-33(46)22-41-35(48)31(18-23-8-2-1-3-9-23)44-36(49)32(19-24-13-15-26(45)16-14-24)43-34(47)28(39)20-25-21-40-29-11-5-4-10-27(25)29/h1-5,8-11,13-16,21,28,30-32,40,45H,6-7,12,17-20,22,38-39H2,(H,41,48)(H,42,46)(H,43,47)(H,44,49)(H,50,51)/t28-,30-,31-,32-/m0/s1. The first-order valence-electron chi connectivity index (χ1n) is 16.8. The molecule has 0 unspecified atom stereocenters. The molecule has 0 fully saturated rings. The fraction of sp³-hybridized carbons (Fsp3) is 0.324. The van der Waals surface area contributed by atoms with E-state index in [2.05, 4.69) is 26.3 Å². The number of unbranched alkanes of at least 4 members (excludes halogenated alkanes) is 1. The minimum atomic E-state index is -1.20. The molecule has 11 N–H and O–H groups in total. The van der Waals surface area contributed by atoms with E-state index in [4.69, 9.17) is 11.5 Å². The van der Waals surface area contributed by atoms with Crippen molar-refractivity contribution in [3.8, 4) is 5.75 Å². The second-order valence-corrected chi connectivity index (χ2v) is 12.3. The number of hydrogen-bond donors (Lipinski definition) is 9. The zero-order valence-corrected chi connectivity index (χ0v) is 28.1. The predicted molar refractivity (Wildman–Crippen MR) is 191 cm³/mol. The van der Waals surface area contributed by atoms with Crippen LogP contribution in [0, 0.1) is 0 Å². The van der Waals surface area contributed by atoms with Crippen LogP contribution in [0.5, 0.6) is 5.75 Å². The number of rotatable bonds is 19. The van der Waals surface area contributed by atoms with Crippen LogP contribution >= 0.6 is 0 Å². The van der Waals surface area contributed by atoms with E-state index in [9.17, 15) is 34.2 Å². The number of carbonyl (C=O) groups excluding carboxylic acids is 4. The third-order valence-corrected chi connectivity index (χ3v) is 8.38. The maximum atomic E-state index is 13.9. The Bertz CT molecular complexity index is 1780. The monoisotopic (exact) mass is 699 g/mol. The second kappa shape index (κ2) is 18.9. The summed E-state index contributed by atoms with van der Waals surface area (Å²) in [6.45, 7) is -0.140. The second-order valence-electron chi connectivity index (χ2n) is 12.3. The lowest BCUT2D eigenvalue weighted by Crippen LogP contribution is -2.57. The number of aromatic amines is 1. The molecule has 0 aliphatic carbocycles. The molecule has 0 spiro atoms. The Hall–Kier alpha value is -5.73. The molecule has 270 valence electrons. The molecule has 14 nitrogen and oxygen atoms in total. The molecule has 4 amide bonds. The van der Waals surface area contributed by atoms with E-state index in [-0.39, 0.29) is 31.4 Å². The highest BCUT2D eigenvalue weighted by atomic mass is 16.4. The summed E-state index contributed by atoms with van der Waals surface area (Å²) in [4.78, 5) is 68.2. The van der Waals surface area contributed by atoms with Crippen molar-refractivity contribution < 1.29 is 34.2 Å².